The van der Waals surface area contributed by atoms with Crippen LogP contribution in [0.3, 0.4) is 0 Å². The highest BCUT2D eigenvalue weighted by Crippen LogP contribution is 2.30. The maximum Gasteiger partial charge on any atom is 0.414 e. The van der Waals surface area contributed by atoms with Crippen molar-refractivity contribution in [1.29, 1.82) is 0 Å². The van der Waals surface area contributed by atoms with E-state index in [9.17, 15) is 19.5 Å². The van der Waals surface area contributed by atoms with Crippen LogP contribution in [0.4, 0.5) is 15.3 Å². The van der Waals surface area contributed by atoms with E-state index in [0.717, 1.165) is 27.3 Å². The summed E-state index contributed by atoms with van der Waals surface area (Å²) < 4.78 is 5.28. The van der Waals surface area contributed by atoms with E-state index in [0.29, 0.717) is 5.69 Å². The molecule has 0 saturated heterocycles. The zero-order valence-electron chi connectivity index (χ0n) is 19.5. The van der Waals surface area contributed by atoms with Crippen LogP contribution in [0.15, 0.2) is 71.7 Å². The van der Waals surface area contributed by atoms with E-state index >= 15 is 0 Å². The fourth-order valence-electron chi connectivity index (χ4n) is 2.88. The van der Waals surface area contributed by atoms with Gasteiger partial charge >= 0.3 is 18.1 Å². The number of carbonyl (C=O) groups excluding carboxylic acids is 2. The summed E-state index contributed by atoms with van der Waals surface area (Å²) in [6.07, 6.45) is -0.778. The fraction of sp³-hybridized carbons (Fsp3) is 0.200. The number of nitrogens with one attached hydrogen (secondary N) is 3. The molecule has 0 aliphatic rings. The number of benzene rings is 2. The van der Waals surface area contributed by atoms with Crippen LogP contribution in [-0.4, -0.2) is 34.8 Å². The van der Waals surface area contributed by atoms with Crippen molar-refractivity contribution in [3.05, 3.63) is 77.2 Å². The van der Waals surface area contributed by atoms with Gasteiger partial charge in [-0.1, -0.05) is 42.5 Å². The molecule has 0 spiro atoms. The third kappa shape index (κ3) is 8.27. The van der Waals surface area contributed by atoms with Crippen LogP contribution in [-0.2, 0) is 11.3 Å². The minimum absolute atomic E-state index is 0.126. The highest BCUT2D eigenvalue weighted by molar-refractivity contribution is 7.17. The van der Waals surface area contributed by atoms with Crippen molar-refractivity contribution < 1.29 is 24.2 Å². The minimum atomic E-state index is -0.995. The van der Waals surface area contributed by atoms with Crippen molar-refractivity contribution >= 4 is 41.1 Å². The summed E-state index contributed by atoms with van der Waals surface area (Å²) in [5, 5.41) is 16.9. The van der Waals surface area contributed by atoms with Crippen molar-refractivity contribution in [2.24, 2.45) is 4.99 Å². The Kier molecular flexibility index (Phi) is 8.21. The molecule has 0 bridgehead atoms. The Bertz CT molecular complexity index is 1230. The molecule has 0 aliphatic carbocycles. The molecule has 0 aliphatic heterocycles. The molecule has 35 heavy (non-hydrogen) atoms. The molecule has 1 aromatic heterocycles. The van der Waals surface area contributed by atoms with E-state index in [2.05, 4.69) is 20.9 Å². The molecule has 3 amide bonds. The molecule has 0 fully saturated rings. The SMILES string of the molecule is CC(C)(C)OC(=O)NC(=Nc1cccc(-c2ccc(C(=O)O)s2)c1)NC(=O)NCc1ccccc1. The summed E-state index contributed by atoms with van der Waals surface area (Å²) in [5.41, 5.74) is 1.34. The van der Waals surface area contributed by atoms with Crippen LogP contribution in [0, 0.1) is 0 Å². The van der Waals surface area contributed by atoms with E-state index in [1.165, 1.54) is 6.07 Å². The average molecular weight is 495 g/mol. The molecule has 3 aromatic rings. The number of aliphatic imine (C=N–C) groups is 1. The molecule has 2 aromatic carbocycles. The number of carbonyl (C=O) groups is 3. The predicted molar refractivity (Wildman–Crippen MR) is 135 cm³/mol. The Morgan fingerprint density at radius 1 is 0.971 bits per heavy atom. The lowest BCUT2D eigenvalue weighted by Crippen LogP contribution is -2.48. The first-order valence-electron chi connectivity index (χ1n) is 10.7. The molecule has 0 unspecified atom stereocenters. The lowest BCUT2D eigenvalue weighted by atomic mass is 10.1. The first-order chi connectivity index (χ1) is 16.6. The summed E-state index contributed by atoms with van der Waals surface area (Å²) in [6.45, 7) is 5.45. The average Bonchev–Trinajstić information content (AvgIpc) is 3.28. The third-order valence-electron chi connectivity index (χ3n) is 4.34. The van der Waals surface area contributed by atoms with Crippen molar-refractivity contribution in [2.45, 2.75) is 32.9 Å². The van der Waals surface area contributed by atoms with Crippen LogP contribution in [0.2, 0.25) is 0 Å². The van der Waals surface area contributed by atoms with Gasteiger partial charge in [0.05, 0.1) is 5.69 Å². The van der Waals surface area contributed by atoms with E-state index in [1.54, 1.807) is 45.0 Å². The molecule has 0 saturated carbocycles. The van der Waals surface area contributed by atoms with Gasteiger partial charge in [-0.05, 0) is 56.2 Å². The molecular formula is C25H26N4O5S. The topological polar surface area (TPSA) is 129 Å². The van der Waals surface area contributed by atoms with Crippen molar-refractivity contribution in [3.63, 3.8) is 0 Å². The number of nitrogens with zero attached hydrogens (tertiary/aromatic N) is 1. The number of hydrogen-bond donors (Lipinski definition) is 4. The molecule has 182 valence electrons. The van der Waals surface area contributed by atoms with Crippen molar-refractivity contribution in [3.8, 4) is 10.4 Å². The van der Waals surface area contributed by atoms with E-state index in [-0.39, 0.29) is 17.4 Å². The van der Waals surface area contributed by atoms with Crippen LogP contribution in [0.1, 0.15) is 36.0 Å². The van der Waals surface area contributed by atoms with E-state index < -0.39 is 23.7 Å². The van der Waals surface area contributed by atoms with Crippen molar-refractivity contribution in [1.82, 2.24) is 16.0 Å². The first kappa shape index (κ1) is 25.4. The molecule has 0 atom stereocenters. The summed E-state index contributed by atoms with van der Waals surface area (Å²) in [5.74, 6) is -1.12. The van der Waals surface area contributed by atoms with Gasteiger partial charge in [-0.15, -0.1) is 11.3 Å². The molecule has 3 rings (SSSR count). The number of guanidine groups is 1. The van der Waals surface area contributed by atoms with Crippen LogP contribution < -0.4 is 16.0 Å². The second-order valence-corrected chi connectivity index (χ2v) is 9.48. The van der Waals surface area contributed by atoms with E-state index in [4.69, 9.17) is 4.74 Å². The van der Waals surface area contributed by atoms with Gasteiger partial charge in [0.1, 0.15) is 10.5 Å². The summed E-state index contributed by atoms with van der Waals surface area (Å²) >= 11 is 1.14. The van der Waals surface area contributed by atoms with Crippen molar-refractivity contribution in [2.75, 3.05) is 0 Å². The first-order valence-corrected chi connectivity index (χ1v) is 11.5. The number of urea groups is 1. The number of amides is 3. The van der Waals surface area contributed by atoms with Gasteiger partial charge in [0.25, 0.3) is 0 Å². The lowest BCUT2D eigenvalue weighted by Gasteiger charge is -2.20. The maximum atomic E-state index is 12.5. The zero-order valence-corrected chi connectivity index (χ0v) is 20.3. The standard InChI is InChI=1S/C25H26N4O5S/c1-25(2,3)34-24(33)29-22(28-23(32)26-15-16-8-5-4-6-9-16)27-18-11-7-10-17(14-18)19-12-13-20(35-19)21(30)31/h4-14H,15H2,1-3H3,(H,30,31)(H3,26,27,28,29,32,33). The largest absolute Gasteiger partial charge is 0.477 e. The number of rotatable bonds is 5. The Morgan fingerprint density at radius 2 is 1.71 bits per heavy atom. The summed E-state index contributed by atoms with van der Waals surface area (Å²) in [4.78, 5) is 41.4. The maximum absolute atomic E-state index is 12.5. The van der Waals surface area contributed by atoms with Crippen LogP contribution in [0.25, 0.3) is 10.4 Å². The van der Waals surface area contributed by atoms with Crippen LogP contribution in [0.5, 0.6) is 0 Å². The second-order valence-electron chi connectivity index (χ2n) is 8.40. The molecule has 1 heterocycles. The highest BCUT2D eigenvalue weighted by atomic mass is 32.1. The Morgan fingerprint density at radius 3 is 2.37 bits per heavy atom. The van der Waals surface area contributed by atoms with Gasteiger partial charge in [0, 0.05) is 11.4 Å². The highest BCUT2D eigenvalue weighted by Gasteiger charge is 2.19. The fourth-order valence-corrected chi connectivity index (χ4v) is 3.72. The number of thiophene rings is 1. The Balaban J connectivity index is 1.80. The smallest absolute Gasteiger partial charge is 0.414 e. The molecule has 4 N–H and O–H groups in total. The normalized spacial score (nSPS) is 11.5. The van der Waals surface area contributed by atoms with Gasteiger partial charge in [-0.3, -0.25) is 10.6 Å². The zero-order chi connectivity index (χ0) is 25.4. The van der Waals surface area contributed by atoms with Gasteiger partial charge in [0.15, 0.2) is 0 Å². The van der Waals surface area contributed by atoms with Gasteiger partial charge in [0.2, 0.25) is 5.96 Å². The monoisotopic (exact) mass is 494 g/mol. The number of aromatic carboxylic acids is 1. The quantitative estimate of drug-likeness (QED) is 0.289. The molecule has 10 heteroatoms. The Labute approximate surface area is 206 Å². The number of hydrogen-bond acceptors (Lipinski definition) is 6. The third-order valence-corrected chi connectivity index (χ3v) is 5.46. The molecule has 0 radical (unpaired) electrons. The number of carboxylic acids is 1. The molecule has 9 nitrogen and oxygen atoms in total. The van der Waals surface area contributed by atoms with Crippen LogP contribution >= 0.6 is 11.3 Å². The van der Waals surface area contributed by atoms with Gasteiger partial charge in [-0.2, -0.15) is 0 Å². The Hall–Kier alpha value is -4.18. The lowest BCUT2D eigenvalue weighted by molar-refractivity contribution is 0.0561. The van der Waals surface area contributed by atoms with E-state index in [1.807, 2.05) is 36.4 Å². The molecular weight excluding hydrogens is 468 g/mol. The van der Waals surface area contributed by atoms with Gasteiger partial charge in [-0.25, -0.2) is 19.4 Å². The number of ether oxygens (including phenoxy) is 1. The summed E-state index contributed by atoms with van der Waals surface area (Å²) in [7, 11) is 0. The minimum Gasteiger partial charge on any atom is -0.477 e. The predicted octanol–water partition coefficient (Wildman–Crippen LogP) is 5.12. The van der Waals surface area contributed by atoms with Gasteiger partial charge < -0.3 is 15.2 Å². The number of alkyl carbamates (subject to hydrolysis) is 1. The second kappa shape index (κ2) is 11.3. The summed E-state index contributed by atoms with van der Waals surface area (Å²) in [6, 6.07) is 19.0. The number of carboxylic acid groups (broad SMARTS) is 1.